The van der Waals surface area contributed by atoms with Gasteiger partial charge in [-0.3, -0.25) is 14.3 Å². The molecule has 0 radical (unpaired) electrons. The molecule has 0 unspecified atom stereocenters. The van der Waals surface area contributed by atoms with E-state index >= 15 is 0 Å². The van der Waals surface area contributed by atoms with Crippen molar-refractivity contribution < 1.29 is 22.3 Å². The Hall–Kier alpha value is -2.16. The fourth-order valence-electron chi connectivity index (χ4n) is 3.12. The first-order chi connectivity index (χ1) is 12.2. The van der Waals surface area contributed by atoms with Gasteiger partial charge in [0.25, 0.3) is 10.1 Å². The van der Waals surface area contributed by atoms with Crippen molar-refractivity contribution in [2.24, 2.45) is 0 Å². The molecule has 2 aromatic rings. The standard InChI is InChI=1S/C17H16ClNO6S/c1-26(22,23)24-10-15-12-4-2-3-5-16(12)25-17-7-6-11(18)8-13(17)14(15)9-19(20)21/h2-8,14-15H,9-10H2,1H3/t14-,15-/m0/s1. The van der Waals surface area contributed by atoms with E-state index in [0.717, 1.165) is 6.26 Å². The average molecular weight is 398 g/mol. The van der Waals surface area contributed by atoms with Crippen molar-refractivity contribution in [2.45, 2.75) is 11.8 Å². The van der Waals surface area contributed by atoms with Crippen LogP contribution in [0, 0.1) is 10.1 Å². The molecular weight excluding hydrogens is 382 g/mol. The van der Waals surface area contributed by atoms with Gasteiger partial charge in [-0.25, -0.2) is 0 Å². The third kappa shape index (κ3) is 4.14. The van der Waals surface area contributed by atoms with Crippen LogP contribution in [0.25, 0.3) is 0 Å². The van der Waals surface area contributed by atoms with Gasteiger partial charge < -0.3 is 4.74 Å². The number of ether oxygens (including phenoxy) is 1. The first kappa shape index (κ1) is 18.6. The van der Waals surface area contributed by atoms with Gasteiger partial charge in [-0.05, 0) is 24.3 Å². The highest BCUT2D eigenvalue weighted by Gasteiger charge is 2.37. The Morgan fingerprint density at radius 1 is 1.15 bits per heavy atom. The third-order valence-corrected chi connectivity index (χ3v) is 5.00. The van der Waals surface area contributed by atoms with Gasteiger partial charge >= 0.3 is 0 Å². The summed E-state index contributed by atoms with van der Waals surface area (Å²) in [7, 11) is -3.71. The Bertz CT molecular complexity index is 946. The highest BCUT2D eigenvalue weighted by molar-refractivity contribution is 7.85. The highest BCUT2D eigenvalue weighted by atomic mass is 35.5. The summed E-state index contributed by atoms with van der Waals surface area (Å²) < 4.78 is 33.9. The van der Waals surface area contributed by atoms with E-state index in [-0.39, 0.29) is 6.61 Å². The molecule has 0 saturated carbocycles. The molecule has 26 heavy (non-hydrogen) atoms. The van der Waals surface area contributed by atoms with Crippen LogP contribution in [0.3, 0.4) is 0 Å². The molecule has 138 valence electrons. The summed E-state index contributed by atoms with van der Waals surface area (Å²) in [4.78, 5) is 10.9. The van der Waals surface area contributed by atoms with Crippen molar-refractivity contribution in [3.63, 3.8) is 0 Å². The molecule has 1 heterocycles. The zero-order valence-corrected chi connectivity index (χ0v) is 15.4. The molecular formula is C17H16ClNO6S. The Labute approximate surface area is 155 Å². The van der Waals surface area contributed by atoms with Gasteiger partial charge in [-0.15, -0.1) is 0 Å². The topological polar surface area (TPSA) is 95.7 Å². The lowest BCUT2D eigenvalue weighted by Crippen LogP contribution is -2.24. The second-order valence-corrected chi connectivity index (χ2v) is 8.12. The summed E-state index contributed by atoms with van der Waals surface area (Å²) in [6, 6.07) is 11.9. The van der Waals surface area contributed by atoms with E-state index in [1.807, 2.05) is 0 Å². The molecule has 0 aromatic heterocycles. The zero-order valence-electron chi connectivity index (χ0n) is 13.8. The summed E-state index contributed by atoms with van der Waals surface area (Å²) in [5.74, 6) is -0.297. The number of nitro groups is 1. The van der Waals surface area contributed by atoms with Gasteiger partial charge in [0.15, 0.2) is 0 Å². The molecule has 0 saturated heterocycles. The lowest BCUT2D eigenvalue weighted by Gasteiger charge is -2.23. The van der Waals surface area contributed by atoms with Crippen LogP contribution in [-0.4, -0.2) is 32.7 Å². The maximum Gasteiger partial charge on any atom is 0.264 e. The predicted molar refractivity (Wildman–Crippen MR) is 96.1 cm³/mol. The summed E-state index contributed by atoms with van der Waals surface area (Å²) in [5.41, 5.74) is 1.20. The maximum absolute atomic E-state index is 11.5. The molecule has 7 nitrogen and oxygen atoms in total. The number of benzene rings is 2. The number of nitrogens with zero attached hydrogens (tertiary/aromatic N) is 1. The summed E-state index contributed by atoms with van der Waals surface area (Å²) in [5, 5.41) is 11.7. The largest absolute Gasteiger partial charge is 0.457 e. The molecule has 2 atom stereocenters. The number of fused-ring (bicyclic) bond motifs is 2. The number of halogens is 1. The summed E-state index contributed by atoms with van der Waals surface area (Å²) in [6.45, 7) is -0.646. The van der Waals surface area contributed by atoms with Gasteiger partial charge in [-0.2, -0.15) is 8.42 Å². The molecule has 0 amide bonds. The molecule has 9 heteroatoms. The molecule has 1 aliphatic heterocycles. The minimum absolute atomic E-state index is 0.232. The maximum atomic E-state index is 11.5. The van der Waals surface area contributed by atoms with Crippen molar-refractivity contribution in [2.75, 3.05) is 19.4 Å². The van der Waals surface area contributed by atoms with Crippen LogP contribution in [-0.2, 0) is 14.3 Å². The predicted octanol–water partition coefficient (Wildman–Crippen LogP) is 3.57. The molecule has 3 rings (SSSR count). The molecule has 0 bridgehead atoms. The monoisotopic (exact) mass is 397 g/mol. The summed E-state index contributed by atoms with van der Waals surface area (Å²) >= 11 is 6.09. The second kappa shape index (κ2) is 7.22. The minimum atomic E-state index is -3.71. The van der Waals surface area contributed by atoms with Gasteiger partial charge in [0.05, 0.1) is 18.8 Å². The Kier molecular flexibility index (Phi) is 5.17. The van der Waals surface area contributed by atoms with E-state index < -0.39 is 33.4 Å². The molecule has 0 aliphatic carbocycles. The quantitative estimate of drug-likeness (QED) is 0.434. The van der Waals surface area contributed by atoms with E-state index in [9.17, 15) is 18.5 Å². The van der Waals surface area contributed by atoms with Crippen molar-refractivity contribution in [3.05, 3.63) is 68.7 Å². The third-order valence-electron chi connectivity index (χ3n) is 4.20. The van der Waals surface area contributed by atoms with Gasteiger partial charge in [0.1, 0.15) is 11.5 Å². The van der Waals surface area contributed by atoms with E-state index in [1.54, 1.807) is 42.5 Å². The van der Waals surface area contributed by atoms with E-state index in [0.29, 0.717) is 27.6 Å². The van der Waals surface area contributed by atoms with Crippen molar-refractivity contribution in [3.8, 4) is 11.5 Å². The van der Waals surface area contributed by atoms with Gasteiger partial charge in [0, 0.05) is 27.0 Å². The fourth-order valence-corrected chi connectivity index (χ4v) is 3.70. The lowest BCUT2D eigenvalue weighted by atomic mass is 9.82. The Balaban J connectivity index is 2.16. The van der Waals surface area contributed by atoms with Crippen LogP contribution >= 0.6 is 11.6 Å². The molecule has 1 aliphatic rings. The normalized spacial score (nSPS) is 19.0. The minimum Gasteiger partial charge on any atom is -0.457 e. The van der Waals surface area contributed by atoms with Crippen LogP contribution in [0.2, 0.25) is 5.02 Å². The highest BCUT2D eigenvalue weighted by Crippen LogP contribution is 2.47. The summed E-state index contributed by atoms with van der Waals surface area (Å²) in [6.07, 6.45) is 0.944. The Morgan fingerprint density at radius 3 is 2.54 bits per heavy atom. The zero-order chi connectivity index (χ0) is 18.9. The van der Waals surface area contributed by atoms with E-state index in [4.69, 9.17) is 20.5 Å². The van der Waals surface area contributed by atoms with E-state index in [2.05, 4.69) is 0 Å². The van der Waals surface area contributed by atoms with Gasteiger partial charge in [0.2, 0.25) is 6.54 Å². The first-order valence-electron chi connectivity index (χ1n) is 7.77. The van der Waals surface area contributed by atoms with Crippen molar-refractivity contribution in [1.82, 2.24) is 0 Å². The van der Waals surface area contributed by atoms with Crippen LogP contribution in [0.1, 0.15) is 23.0 Å². The lowest BCUT2D eigenvalue weighted by molar-refractivity contribution is -0.484. The second-order valence-electron chi connectivity index (χ2n) is 6.04. The van der Waals surface area contributed by atoms with Crippen LogP contribution in [0.15, 0.2) is 42.5 Å². The number of hydrogen-bond donors (Lipinski definition) is 0. The van der Waals surface area contributed by atoms with Crippen molar-refractivity contribution in [1.29, 1.82) is 0 Å². The van der Waals surface area contributed by atoms with Crippen molar-refractivity contribution >= 4 is 21.7 Å². The molecule has 0 N–H and O–H groups in total. The SMILES string of the molecule is CS(=O)(=O)OC[C@H]1c2ccccc2Oc2ccc(Cl)cc2[C@@H]1C[N+](=O)[O-]. The number of rotatable bonds is 5. The molecule has 2 aromatic carbocycles. The average Bonchev–Trinajstić information content (AvgIpc) is 2.67. The van der Waals surface area contributed by atoms with Gasteiger partial charge in [-0.1, -0.05) is 29.8 Å². The Morgan fingerprint density at radius 2 is 1.85 bits per heavy atom. The van der Waals surface area contributed by atoms with E-state index in [1.165, 1.54) is 0 Å². The molecule has 0 fully saturated rings. The van der Waals surface area contributed by atoms with Crippen LogP contribution in [0.5, 0.6) is 11.5 Å². The number of para-hydroxylation sites is 1. The fraction of sp³-hybridized carbons (Fsp3) is 0.294. The van der Waals surface area contributed by atoms with Crippen LogP contribution in [0.4, 0.5) is 0 Å². The smallest absolute Gasteiger partial charge is 0.264 e. The number of hydrogen-bond acceptors (Lipinski definition) is 6. The van der Waals surface area contributed by atoms with Crippen LogP contribution < -0.4 is 4.74 Å². The first-order valence-corrected chi connectivity index (χ1v) is 9.96. The molecule has 0 spiro atoms.